The van der Waals surface area contributed by atoms with Crippen molar-refractivity contribution in [1.82, 2.24) is 14.5 Å². The third kappa shape index (κ3) is 5.89. The Morgan fingerprint density at radius 1 is 0.780 bits per heavy atom. The average Bonchev–Trinajstić information content (AvgIpc) is 3.51. The summed E-state index contributed by atoms with van der Waals surface area (Å²) in [4.78, 5) is 12.3. The van der Waals surface area contributed by atoms with Crippen LogP contribution >= 0.6 is 0 Å². The monoisotopic (exact) mass is 647 g/mol. The van der Waals surface area contributed by atoms with Gasteiger partial charge in [-0.1, -0.05) is 117 Å². The lowest BCUT2D eigenvalue weighted by Gasteiger charge is -2.33. The molecule has 0 saturated carbocycles. The first-order valence-electron chi connectivity index (χ1n) is 17.0. The maximum atomic E-state index is 9.33. The Balaban J connectivity index is 0.00000193. The van der Waals surface area contributed by atoms with E-state index in [1.807, 2.05) is 62.4 Å². The van der Waals surface area contributed by atoms with Crippen LogP contribution in [0.25, 0.3) is 56.1 Å². The third-order valence-corrected chi connectivity index (χ3v) is 8.93. The molecule has 0 fully saturated rings. The van der Waals surface area contributed by atoms with Gasteiger partial charge in [0.1, 0.15) is 5.82 Å². The molecule has 0 atom stereocenters. The standard InChI is InChI=1S/C43H31N5.C2H6/c1-3-30(27-44)12-11-15-33-25-42(46-43(45-33)31-13-5-4-6-14-31)47-28-32-21-22-34(26-37(32)38-24-29(2)20-23-39(38)47)48-40-18-9-7-16-35(40)36-17-8-10-19-41(36)48;1-2/h3-26H,1,28H2,2H3;1-2H3/b15-11+,30-12+;. The van der Waals surface area contributed by atoms with E-state index in [4.69, 9.17) is 9.97 Å². The van der Waals surface area contributed by atoms with E-state index < -0.39 is 0 Å². The van der Waals surface area contributed by atoms with Gasteiger partial charge in [-0.25, -0.2) is 9.97 Å². The number of nitriles is 1. The van der Waals surface area contributed by atoms with Gasteiger partial charge in [-0.05, 0) is 66.6 Å². The number of para-hydroxylation sites is 2. The highest BCUT2D eigenvalue weighted by Gasteiger charge is 2.26. The third-order valence-electron chi connectivity index (χ3n) is 8.93. The van der Waals surface area contributed by atoms with Crippen LogP contribution in [-0.4, -0.2) is 14.5 Å². The maximum absolute atomic E-state index is 9.33. The van der Waals surface area contributed by atoms with Crippen LogP contribution in [0.3, 0.4) is 0 Å². The Hall–Kier alpha value is -6.51. The highest BCUT2D eigenvalue weighted by atomic mass is 15.2. The smallest absolute Gasteiger partial charge is 0.162 e. The second kappa shape index (κ2) is 13.9. The fourth-order valence-electron chi connectivity index (χ4n) is 6.65. The van der Waals surface area contributed by atoms with Crippen molar-refractivity contribution in [2.75, 3.05) is 4.90 Å². The molecule has 0 N–H and O–H groups in total. The number of allylic oxidation sites excluding steroid dienone is 4. The first kappa shape index (κ1) is 32.1. The second-order valence-electron chi connectivity index (χ2n) is 12.0. The van der Waals surface area contributed by atoms with Gasteiger partial charge in [0, 0.05) is 33.7 Å². The summed E-state index contributed by atoms with van der Waals surface area (Å²) >= 11 is 0. The summed E-state index contributed by atoms with van der Waals surface area (Å²) in [6.07, 6.45) is 7.02. The van der Waals surface area contributed by atoms with E-state index in [0.29, 0.717) is 17.9 Å². The average molecular weight is 648 g/mol. The van der Waals surface area contributed by atoms with E-state index in [1.54, 1.807) is 12.2 Å². The zero-order valence-corrected chi connectivity index (χ0v) is 28.5. The molecule has 0 unspecified atom stereocenters. The molecule has 1 aliphatic rings. The van der Waals surface area contributed by atoms with Crippen molar-refractivity contribution >= 4 is 39.4 Å². The van der Waals surface area contributed by atoms with Gasteiger partial charge in [0.25, 0.3) is 0 Å². The minimum absolute atomic E-state index is 0.487. The number of fused-ring (bicyclic) bond motifs is 6. The maximum Gasteiger partial charge on any atom is 0.162 e. The van der Waals surface area contributed by atoms with Crippen LogP contribution in [-0.2, 0) is 6.54 Å². The van der Waals surface area contributed by atoms with Gasteiger partial charge in [-0.2, -0.15) is 5.26 Å². The van der Waals surface area contributed by atoms with Crippen LogP contribution in [0.5, 0.6) is 0 Å². The first-order valence-corrected chi connectivity index (χ1v) is 17.0. The molecule has 5 aromatic carbocycles. The van der Waals surface area contributed by atoms with Gasteiger partial charge >= 0.3 is 0 Å². The number of nitrogens with zero attached hydrogens (tertiary/aromatic N) is 5. The fraction of sp³-hybridized carbons (Fsp3) is 0.0889. The molecule has 50 heavy (non-hydrogen) atoms. The summed E-state index contributed by atoms with van der Waals surface area (Å²) in [5.74, 6) is 1.45. The predicted octanol–water partition coefficient (Wildman–Crippen LogP) is 11.5. The molecule has 2 aromatic heterocycles. The number of anilines is 2. The first-order chi connectivity index (χ1) is 24.6. The van der Waals surface area contributed by atoms with Gasteiger partial charge in [0.15, 0.2) is 5.82 Å². The topological polar surface area (TPSA) is 57.7 Å². The van der Waals surface area contributed by atoms with Gasteiger partial charge in [0.2, 0.25) is 0 Å². The molecule has 8 rings (SSSR count). The molecular weight excluding hydrogens is 611 g/mol. The molecule has 5 heteroatoms. The molecule has 0 bridgehead atoms. The number of aromatic nitrogens is 3. The predicted molar refractivity (Wildman–Crippen MR) is 209 cm³/mol. The Labute approximate surface area is 293 Å². The second-order valence-corrected chi connectivity index (χ2v) is 12.0. The Morgan fingerprint density at radius 3 is 2.18 bits per heavy atom. The van der Waals surface area contributed by atoms with Crippen molar-refractivity contribution < 1.29 is 0 Å². The van der Waals surface area contributed by atoms with Gasteiger partial charge < -0.3 is 9.47 Å². The number of hydrogen-bond donors (Lipinski definition) is 0. The van der Waals surface area contributed by atoms with Crippen molar-refractivity contribution in [2.24, 2.45) is 0 Å². The summed E-state index contributed by atoms with van der Waals surface area (Å²) < 4.78 is 2.38. The van der Waals surface area contributed by atoms with Gasteiger partial charge in [-0.15, -0.1) is 0 Å². The minimum atomic E-state index is 0.487. The molecule has 0 spiro atoms. The van der Waals surface area contributed by atoms with Crippen molar-refractivity contribution in [3.8, 4) is 34.3 Å². The zero-order valence-electron chi connectivity index (χ0n) is 28.5. The molecule has 242 valence electrons. The van der Waals surface area contributed by atoms with Crippen molar-refractivity contribution in [3.63, 3.8) is 0 Å². The van der Waals surface area contributed by atoms with E-state index in [0.717, 1.165) is 28.5 Å². The lowest BCUT2D eigenvalue weighted by molar-refractivity contribution is 0.925. The quantitative estimate of drug-likeness (QED) is 0.133. The van der Waals surface area contributed by atoms with Crippen molar-refractivity contribution in [3.05, 3.63) is 169 Å². The summed E-state index contributed by atoms with van der Waals surface area (Å²) in [5, 5.41) is 11.8. The molecular formula is C45H37N5. The van der Waals surface area contributed by atoms with E-state index in [9.17, 15) is 5.26 Å². The van der Waals surface area contributed by atoms with Crippen molar-refractivity contribution in [1.29, 1.82) is 5.26 Å². The molecule has 0 radical (unpaired) electrons. The Bertz CT molecular complexity index is 2420. The summed E-state index contributed by atoms with van der Waals surface area (Å²) in [7, 11) is 0. The Morgan fingerprint density at radius 2 is 1.48 bits per heavy atom. The highest BCUT2D eigenvalue weighted by molar-refractivity contribution is 6.09. The van der Waals surface area contributed by atoms with E-state index >= 15 is 0 Å². The molecule has 0 saturated heterocycles. The zero-order chi connectivity index (χ0) is 34.6. The molecule has 0 aliphatic carbocycles. The number of aryl methyl sites for hydroxylation is 1. The number of rotatable bonds is 6. The van der Waals surface area contributed by atoms with Gasteiger partial charge in [-0.3, -0.25) is 0 Å². The van der Waals surface area contributed by atoms with E-state index in [-0.39, 0.29) is 0 Å². The van der Waals surface area contributed by atoms with E-state index in [1.165, 1.54) is 44.1 Å². The van der Waals surface area contributed by atoms with Crippen LogP contribution < -0.4 is 4.90 Å². The number of benzene rings is 5. The van der Waals surface area contributed by atoms with Crippen molar-refractivity contribution in [2.45, 2.75) is 27.3 Å². The lowest BCUT2D eigenvalue weighted by Crippen LogP contribution is -2.23. The molecule has 0 amide bonds. The van der Waals surface area contributed by atoms with Crippen LogP contribution in [0, 0.1) is 18.3 Å². The minimum Gasteiger partial charge on any atom is -0.321 e. The van der Waals surface area contributed by atoms with E-state index in [2.05, 4.69) is 114 Å². The summed E-state index contributed by atoms with van der Waals surface area (Å²) in [6.45, 7) is 10.5. The summed E-state index contributed by atoms with van der Waals surface area (Å²) in [5.41, 5.74) is 11.6. The lowest BCUT2D eigenvalue weighted by atomic mass is 9.91. The number of hydrogen-bond acceptors (Lipinski definition) is 4. The van der Waals surface area contributed by atoms with Crippen LogP contribution in [0.4, 0.5) is 11.5 Å². The van der Waals surface area contributed by atoms with Crippen LogP contribution in [0.15, 0.2) is 152 Å². The molecule has 5 nitrogen and oxygen atoms in total. The molecule has 1 aliphatic heterocycles. The molecule has 7 aromatic rings. The van der Waals surface area contributed by atoms with Crippen LogP contribution in [0.2, 0.25) is 0 Å². The normalized spacial score (nSPS) is 12.3. The van der Waals surface area contributed by atoms with Gasteiger partial charge in [0.05, 0.1) is 40.6 Å². The van der Waals surface area contributed by atoms with Crippen LogP contribution in [0.1, 0.15) is 30.7 Å². The largest absolute Gasteiger partial charge is 0.321 e. The molecule has 3 heterocycles. The highest BCUT2D eigenvalue weighted by Crippen LogP contribution is 2.44. The Kier molecular flexibility index (Phi) is 8.92. The fourth-order valence-corrected chi connectivity index (χ4v) is 6.65. The SMILES string of the molecule is C=C/C(C#N)=C\C=C\c1cc(N2Cc3ccc(-n4c5ccccc5c5ccccc54)cc3-c3cc(C)ccc32)nc(-c2ccccc2)n1.CC. The summed E-state index contributed by atoms with van der Waals surface area (Å²) in [6, 6.07) is 44.9.